The van der Waals surface area contributed by atoms with Gasteiger partial charge in [0.15, 0.2) is 0 Å². The smallest absolute Gasteiger partial charge is 0.257 e. The minimum atomic E-state index is -0.841. The highest BCUT2D eigenvalue weighted by molar-refractivity contribution is 5.95. The van der Waals surface area contributed by atoms with Gasteiger partial charge in [0.25, 0.3) is 5.91 Å². The number of nitrogens with one attached hydrogen (secondary N) is 1. The zero-order chi connectivity index (χ0) is 13.5. The van der Waals surface area contributed by atoms with Gasteiger partial charge < -0.3 is 10.1 Å². The van der Waals surface area contributed by atoms with Gasteiger partial charge in [-0.05, 0) is 32.4 Å². The number of hydrogen-bond donors (Lipinski definition) is 1. The van der Waals surface area contributed by atoms with Crippen LogP contribution in [0.15, 0.2) is 18.3 Å². The third-order valence-corrected chi connectivity index (χ3v) is 2.21. The van der Waals surface area contributed by atoms with E-state index in [1.807, 2.05) is 26.8 Å². The van der Waals surface area contributed by atoms with Crippen molar-refractivity contribution < 1.29 is 9.53 Å². The van der Waals surface area contributed by atoms with Gasteiger partial charge in [0.2, 0.25) is 0 Å². The van der Waals surface area contributed by atoms with Gasteiger partial charge in [0.05, 0.1) is 0 Å². The summed E-state index contributed by atoms with van der Waals surface area (Å²) >= 11 is 0. The second-order valence-corrected chi connectivity index (χ2v) is 3.89. The first-order valence-electron chi connectivity index (χ1n) is 5.75. The fourth-order valence-corrected chi connectivity index (χ4v) is 0.901. The van der Waals surface area contributed by atoms with Crippen molar-refractivity contribution in [3.63, 3.8) is 0 Å². The van der Waals surface area contributed by atoms with E-state index in [2.05, 4.69) is 10.3 Å². The molecule has 1 N–H and O–H groups in total. The summed E-state index contributed by atoms with van der Waals surface area (Å²) in [4.78, 5) is 15.8. The lowest BCUT2D eigenvalue weighted by molar-refractivity contribution is -0.133. The fourth-order valence-electron chi connectivity index (χ4n) is 0.901. The molecule has 1 heterocycles. The van der Waals surface area contributed by atoms with E-state index in [0.717, 1.165) is 5.56 Å². The van der Waals surface area contributed by atoms with Crippen LogP contribution in [0.3, 0.4) is 0 Å². The number of ether oxygens (including phenoxy) is 1. The first-order valence-corrected chi connectivity index (χ1v) is 5.75. The lowest BCUT2D eigenvalue weighted by Gasteiger charge is -2.21. The second kappa shape index (κ2) is 7.01. The van der Waals surface area contributed by atoms with E-state index in [0.29, 0.717) is 5.82 Å². The largest absolute Gasteiger partial charge is 0.369 e. The number of hydrogen-bond acceptors (Lipinski definition) is 3. The summed E-state index contributed by atoms with van der Waals surface area (Å²) < 4.78 is 5.06. The molecule has 0 spiro atoms. The van der Waals surface area contributed by atoms with Crippen molar-refractivity contribution in [2.24, 2.45) is 0 Å². The van der Waals surface area contributed by atoms with Gasteiger partial charge in [-0.2, -0.15) is 0 Å². The molecule has 0 aliphatic heterocycles. The molecule has 0 atom stereocenters. The number of aromatic nitrogens is 1. The molecule has 1 aromatic heterocycles. The van der Waals surface area contributed by atoms with E-state index >= 15 is 0 Å². The Labute approximate surface area is 103 Å². The number of pyridine rings is 1. The Bertz CT molecular complexity index is 345. The number of nitrogens with zero attached hydrogens (tertiary/aromatic N) is 1. The van der Waals surface area contributed by atoms with Crippen LogP contribution in [0.2, 0.25) is 0 Å². The van der Waals surface area contributed by atoms with Crippen molar-refractivity contribution >= 4 is 11.7 Å². The molecule has 0 saturated carbocycles. The number of methoxy groups -OCH3 is 1. The predicted molar refractivity (Wildman–Crippen MR) is 70.0 cm³/mol. The van der Waals surface area contributed by atoms with E-state index in [-0.39, 0.29) is 5.91 Å². The maximum atomic E-state index is 11.7. The average Bonchev–Trinajstić information content (AvgIpc) is 2.34. The molecule has 4 nitrogen and oxygen atoms in total. The number of carbonyl (C=O) groups excluding carboxylic acids is 1. The highest BCUT2D eigenvalue weighted by atomic mass is 16.5. The van der Waals surface area contributed by atoms with Crippen LogP contribution >= 0.6 is 0 Å². The minimum absolute atomic E-state index is 0.207. The molecule has 96 valence electrons. The maximum Gasteiger partial charge on any atom is 0.257 e. The number of rotatable bonds is 3. The normalized spacial score (nSPS) is 10.2. The molecule has 0 saturated heterocycles. The van der Waals surface area contributed by atoms with E-state index < -0.39 is 5.60 Å². The number of amides is 1. The van der Waals surface area contributed by atoms with Crippen molar-refractivity contribution in [1.82, 2.24) is 4.98 Å². The van der Waals surface area contributed by atoms with Crippen molar-refractivity contribution in [3.05, 3.63) is 23.9 Å². The van der Waals surface area contributed by atoms with Crippen LogP contribution in [-0.4, -0.2) is 23.6 Å². The Morgan fingerprint density at radius 1 is 1.35 bits per heavy atom. The lowest BCUT2D eigenvalue weighted by Crippen LogP contribution is -2.39. The molecule has 0 fully saturated rings. The van der Waals surface area contributed by atoms with Crippen LogP contribution in [-0.2, 0) is 9.53 Å². The summed E-state index contributed by atoms with van der Waals surface area (Å²) in [5, 5.41) is 2.69. The Morgan fingerprint density at radius 2 is 1.94 bits per heavy atom. The van der Waals surface area contributed by atoms with E-state index in [9.17, 15) is 4.79 Å². The zero-order valence-corrected chi connectivity index (χ0v) is 11.5. The average molecular weight is 238 g/mol. The molecule has 0 bridgehead atoms. The van der Waals surface area contributed by atoms with Crippen LogP contribution in [0.4, 0.5) is 5.82 Å². The first-order chi connectivity index (χ1) is 7.95. The zero-order valence-electron chi connectivity index (χ0n) is 11.5. The lowest BCUT2D eigenvalue weighted by atomic mass is 10.1. The summed E-state index contributed by atoms with van der Waals surface area (Å²) in [5.74, 6) is 0.331. The second-order valence-electron chi connectivity index (χ2n) is 3.89. The summed E-state index contributed by atoms with van der Waals surface area (Å²) in [6, 6.07) is 3.65. The molecule has 0 aromatic carbocycles. The number of anilines is 1. The Hall–Kier alpha value is -1.42. The monoisotopic (exact) mass is 238 g/mol. The topological polar surface area (TPSA) is 51.2 Å². The first kappa shape index (κ1) is 15.6. The Balaban J connectivity index is 0.00000121. The molecule has 0 aliphatic carbocycles. The van der Waals surface area contributed by atoms with Crippen LogP contribution in [0.5, 0.6) is 0 Å². The van der Waals surface area contributed by atoms with E-state index in [1.165, 1.54) is 7.11 Å². The number of aryl methyl sites for hydroxylation is 1. The molecule has 1 rings (SSSR count). The van der Waals surface area contributed by atoms with Crippen molar-refractivity contribution in [2.75, 3.05) is 12.4 Å². The third-order valence-electron chi connectivity index (χ3n) is 2.21. The molecule has 1 amide bonds. The SMILES string of the molecule is CC.COC(C)(C)C(=O)Nc1ccc(C)cn1. The molecule has 4 heteroatoms. The molecular weight excluding hydrogens is 216 g/mol. The molecule has 17 heavy (non-hydrogen) atoms. The third kappa shape index (κ3) is 4.95. The standard InChI is InChI=1S/C11H16N2O2.C2H6/c1-8-5-6-9(12-7-8)13-10(14)11(2,3)15-4;1-2/h5-7H,1-4H3,(H,12,13,14);1-2H3. The van der Waals surface area contributed by atoms with Gasteiger partial charge in [-0.15, -0.1) is 0 Å². The van der Waals surface area contributed by atoms with Crippen LogP contribution in [0.25, 0.3) is 0 Å². The highest BCUT2D eigenvalue weighted by Gasteiger charge is 2.27. The van der Waals surface area contributed by atoms with Crippen LogP contribution in [0, 0.1) is 6.92 Å². The van der Waals surface area contributed by atoms with Crippen LogP contribution in [0.1, 0.15) is 33.3 Å². The van der Waals surface area contributed by atoms with Gasteiger partial charge in [-0.3, -0.25) is 4.79 Å². The van der Waals surface area contributed by atoms with Crippen molar-refractivity contribution in [3.8, 4) is 0 Å². The molecule has 0 unspecified atom stereocenters. The highest BCUT2D eigenvalue weighted by Crippen LogP contribution is 2.11. The molecule has 0 radical (unpaired) electrons. The van der Waals surface area contributed by atoms with E-state index in [1.54, 1.807) is 26.1 Å². The van der Waals surface area contributed by atoms with Gasteiger partial charge in [0, 0.05) is 13.3 Å². The summed E-state index contributed by atoms with van der Waals surface area (Å²) in [6.45, 7) is 9.35. The molecular formula is C13H22N2O2. The van der Waals surface area contributed by atoms with Gasteiger partial charge >= 0.3 is 0 Å². The van der Waals surface area contributed by atoms with Gasteiger partial charge in [-0.1, -0.05) is 19.9 Å². The fraction of sp³-hybridized carbons (Fsp3) is 0.538. The molecule has 1 aromatic rings. The molecule has 0 aliphatic rings. The van der Waals surface area contributed by atoms with Crippen molar-refractivity contribution in [1.29, 1.82) is 0 Å². The summed E-state index contributed by atoms with van der Waals surface area (Å²) in [5.41, 5.74) is 0.214. The maximum absolute atomic E-state index is 11.7. The van der Waals surface area contributed by atoms with Crippen LogP contribution < -0.4 is 5.32 Å². The Kier molecular flexibility index (Phi) is 6.43. The van der Waals surface area contributed by atoms with E-state index in [4.69, 9.17) is 4.74 Å². The summed E-state index contributed by atoms with van der Waals surface area (Å²) in [7, 11) is 1.50. The summed E-state index contributed by atoms with van der Waals surface area (Å²) in [6.07, 6.45) is 1.70. The predicted octanol–water partition coefficient (Wildman–Crippen LogP) is 2.78. The minimum Gasteiger partial charge on any atom is -0.369 e. The quantitative estimate of drug-likeness (QED) is 0.881. The van der Waals surface area contributed by atoms with Gasteiger partial charge in [0.1, 0.15) is 11.4 Å². The Morgan fingerprint density at radius 3 is 2.35 bits per heavy atom. The number of carbonyl (C=O) groups is 1. The van der Waals surface area contributed by atoms with Crippen molar-refractivity contribution in [2.45, 2.75) is 40.2 Å². The van der Waals surface area contributed by atoms with Gasteiger partial charge in [-0.25, -0.2) is 4.98 Å².